The molecule has 0 aliphatic carbocycles. The molecular weight excluding hydrogens is 563 g/mol. The number of fused-ring (bicyclic) bond motifs is 6. The van der Waals surface area contributed by atoms with Gasteiger partial charge < -0.3 is 4.42 Å². The Morgan fingerprint density at radius 3 is 1.75 bits per heavy atom. The van der Waals surface area contributed by atoms with Gasteiger partial charge in [-0.05, 0) is 18.2 Å². The van der Waals surface area contributed by atoms with Gasteiger partial charge in [0, 0.05) is 47.8 Å². The van der Waals surface area contributed by atoms with Gasteiger partial charge in [-0.15, -0.1) is 11.3 Å². The van der Waals surface area contributed by atoms with Crippen molar-refractivity contribution in [2.75, 3.05) is 0 Å². The van der Waals surface area contributed by atoms with Crippen molar-refractivity contribution in [3.05, 3.63) is 128 Å². The maximum Gasteiger partial charge on any atom is 0.180 e. The van der Waals surface area contributed by atoms with Crippen LogP contribution in [0.3, 0.4) is 0 Å². The maximum absolute atomic E-state index is 6.32. The number of hydrogen-bond donors (Lipinski definition) is 0. The van der Waals surface area contributed by atoms with Crippen LogP contribution in [0.2, 0.25) is 0 Å². The fourth-order valence-electron chi connectivity index (χ4n) is 5.83. The Labute approximate surface area is 255 Å². The monoisotopic (exact) mass is 583 g/mol. The van der Waals surface area contributed by atoms with E-state index in [1.54, 1.807) is 17.7 Å². The lowest BCUT2D eigenvalue weighted by molar-refractivity contribution is 0.667. The zero-order valence-electron chi connectivity index (χ0n) is 23.2. The molecule has 0 spiro atoms. The highest BCUT2D eigenvalue weighted by Crippen LogP contribution is 2.44. The topological polar surface area (TPSA) is 77.6 Å². The molecule has 0 saturated carbocycles. The number of nitrogens with zero attached hydrogens (tertiary/aromatic N) is 5. The zero-order chi connectivity index (χ0) is 29.0. The van der Waals surface area contributed by atoms with E-state index < -0.39 is 0 Å². The largest absolute Gasteiger partial charge is 0.452 e. The minimum absolute atomic E-state index is 0.637. The number of thiophene rings is 1. The van der Waals surface area contributed by atoms with Crippen molar-refractivity contribution < 1.29 is 4.42 Å². The molecule has 0 N–H and O–H groups in total. The van der Waals surface area contributed by atoms with E-state index in [0.29, 0.717) is 23.1 Å². The Morgan fingerprint density at radius 1 is 0.477 bits per heavy atom. The lowest BCUT2D eigenvalue weighted by Crippen LogP contribution is -2.00. The summed E-state index contributed by atoms with van der Waals surface area (Å²) in [6, 6.07) is 40.8. The summed E-state index contributed by atoms with van der Waals surface area (Å²) in [4.78, 5) is 24.2. The molecule has 6 nitrogen and oxygen atoms in total. The standard InChI is InChI=1S/C37H21N5OS/c1-3-11-22(12-4-1)35-40-36(23-13-5-2-6-14-23)42-37(41-35)28-19-10-17-25-24-16-9-18-27(33(24)44-34(25)28)31-32-30(38-21-39-31)26-15-7-8-20-29(26)43-32/h1-21H. The van der Waals surface area contributed by atoms with Crippen LogP contribution < -0.4 is 0 Å². The molecule has 4 heterocycles. The molecule has 0 atom stereocenters. The quantitative estimate of drug-likeness (QED) is 0.205. The molecule has 7 heteroatoms. The molecular formula is C37H21N5OS. The minimum atomic E-state index is 0.637. The van der Waals surface area contributed by atoms with Gasteiger partial charge in [-0.1, -0.05) is 103 Å². The zero-order valence-corrected chi connectivity index (χ0v) is 24.0. The van der Waals surface area contributed by atoms with Gasteiger partial charge in [0.2, 0.25) is 0 Å². The maximum atomic E-state index is 6.32. The SMILES string of the molecule is c1ccc(-c2nc(-c3ccccc3)nc(-c3cccc4c3sc3c(-c5ncnc6c5oc5ccccc56)cccc34)n2)cc1. The van der Waals surface area contributed by atoms with Crippen molar-refractivity contribution in [3.63, 3.8) is 0 Å². The molecule has 0 bridgehead atoms. The van der Waals surface area contributed by atoms with E-state index in [-0.39, 0.29) is 0 Å². The van der Waals surface area contributed by atoms with Crippen LogP contribution in [0.25, 0.3) is 87.7 Å². The summed E-state index contributed by atoms with van der Waals surface area (Å²) < 4.78 is 8.54. The van der Waals surface area contributed by atoms with E-state index in [1.165, 1.54) is 0 Å². The average molecular weight is 584 g/mol. The molecule has 44 heavy (non-hydrogen) atoms. The molecule has 206 valence electrons. The Bertz CT molecular complexity index is 2450. The molecule has 0 aliphatic heterocycles. The highest BCUT2D eigenvalue weighted by molar-refractivity contribution is 7.26. The number of benzene rings is 5. The Morgan fingerprint density at radius 2 is 1.05 bits per heavy atom. The lowest BCUT2D eigenvalue weighted by Gasteiger charge is -2.09. The molecule has 9 rings (SSSR count). The second kappa shape index (κ2) is 9.90. The molecule has 0 radical (unpaired) electrons. The second-order valence-corrected chi connectivity index (χ2v) is 11.5. The highest BCUT2D eigenvalue weighted by atomic mass is 32.1. The Kier molecular flexibility index (Phi) is 5.57. The van der Waals surface area contributed by atoms with Crippen LogP contribution in [-0.4, -0.2) is 24.9 Å². The first-order chi connectivity index (χ1) is 21.8. The van der Waals surface area contributed by atoms with Gasteiger partial charge in [-0.3, -0.25) is 0 Å². The van der Waals surface area contributed by atoms with E-state index in [9.17, 15) is 0 Å². The third kappa shape index (κ3) is 3.91. The van der Waals surface area contributed by atoms with E-state index >= 15 is 0 Å². The van der Waals surface area contributed by atoms with Gasteiger partial charge in [0.1, 0.15) is 23.1 Å². The molecule has 0 saturated heterocycles. The fraction of sp³-hybridized carbons (Fsp3) is 0. The third-order valence-electron chi connectivity index (χ3n) is 7.88. The van der Waals surface area contributed by atoms with Crippen molar-refractivity contribution >= 4 is 53.6 Å². The summed E-state index contributed by atoms with van der Waals surface area (Å²) in [5.41, 5.74) is 6.94. The predicted octanol–water partition coefficient (Wildman–Crippen LogP) is 9.60. The van der Waals surface area contributed by atoms with Crippen molar-refractivity contribution in [2.45, 2.75) is 0 Å². The summed E-state index contributed by atoms with van der Waals surface area (Å²) in [7, 11) is 0. The van der Waals surface area contributed by atoms with E-state index in [0.717, 1.165) is 64.6 Å². The normalized spacial score (nSPS) is 11.6. The Balaban J connectivity index is 1.29. The highest BCUT2D eigenvalue weighted by Gasteiger charge is 2.20. The summed E-state index contributed by atoms with van der Waals surface area (Å²) in [5.74, 6) is 1.92. The van der Waals surface area contributed by atoms with Gasteiger partial charge >= 0.3 is 0 Å². The molecule has 5 aromatic carbocycles. The summed E-state index contributed by atoms with van der Waals surface area (Å²) in [5, 5.41) is 3.27. The van der Waals surface area contributed by atoms with Crippen LogP contribution in [0.5, 0.6) is 0 Å². The minimum Gasteiger partial charge on any atom is -0.452 e. The van der Waals surface area contributed by atoms with Crippen molar-refractivity contribution in [3.8, 4) is 45.4 Å². The first kappa shape index (κ1) is 24.8. The second-order valence-electron chi connectivity index (χ2n) is 10.5. The number of rotatable bonds is 4. The predicted molar refractivity (Wildman–Crippen MR) is 177 cm³/mol. The number of aromatic nitrogens is 5. The molecule has 0 unspecified atom stereocenters. The lowest BCUT2D eigenvalue weighted by atomic mass is 10.0. The van der Waals surface area contributed by atoms with Crippen LogP contribution in [-0.2, 0) is 0 Å². The van der Waals surface area contributed by atoms with Crippen molar-refractivity contribution in [1.29, 1.82) is 0 Å². The van der Waals surface area contributed by atoms with Crippen molar-refractivity contribution in [1.82, 2.24) is 24.9 Å². The van der Waals surface area contributed by atoms with E-state index in [1.807, 2.05) is 84.9 Å². The Hall–Kier alpha value is -5.79. The fourth-order valence-corrected chi connectivity index (χ4v) is 7.15. The first-order valence-corrected chi connectivity index (χ1v) is 15.1. The first-order valence-electron chi connectivity index (χ1n) is 14.3. The molecule has 4 aromatic heterocycles. The van der Waals surface area contributed by atoms with E-state index in [2.05, 4.69) is 41.4 Å². The van der Waals surface area contributed by atoms with Crippen LogP contribution >= 0.6 is 11.3 Å². The van der Waals surface area contributed by atoms with Gasteiger partial charge in [0.25, 0.3) is 0 Å². The van der Waals surface area contributed by atoms with Gasteiger partial charge in [-0.25, -0.2) is 24.9 Å². The van der Waals surface area contributed by atoms with Crippen LogP contribution in [0.1, 0.15) is 0 Å². The molecule has 9 aromatic rings. The summed E-state index contributed by atoms with van der Waals surface area (Å²) in [6.07, 6.45) is 1.62. The number of furan rings is 1. The molecule has 0 amide bonds. The molecule has 0 fully saturated rings. The van der Waals surface area contributed by atoms with Gasteiger partial charge in [0.05, 0.1) is 0 Å². The summed E-state index contributed by atoms with van der Waals surface area (Å²) >= 11 is 1.72. The van der Waals surface area contributed by atoms with E-state index in [4.69, 9.17) is 24.4 Å². The van der Waals surface area contributed by atoms with Crippen molar-refractivity contribution in [2.24, 2.45) is 0 Å². The number of hydrogen-bond acceptors (Lipinski definition) is 7. The summed E-state index contributed by atoms with van der Waals surface area (Å²) in [6.45, 7) is 0. The smallest absolute Gasteiger partial charge is 0.180 e. The third-order valence-corrected chi connectivity index (χ3v) is 9.17. The van der Waals surface area contributed by atoms with Crippen LogP contribution in [0, 0.1) is 0 Å². The average Bonchev–Trinajstić information content (AvgIpc) is 3.68. The van der Waals surface area contributed by atoms with Crippen LogP contribution in [0.15, 0.2) is 132 Å². The molecule has 0 aliphatic rings. The number of para-hydroxylation sites is 1. The van der Waals surface area contributed by atoms with Gasteiger partial charge in [0.15, 0.2) is 23.1 Å². The van der Waals surface area contributed by atoms with Gasteiger partial charge in [-0.2, -0.15) is 0 Å². The van der Waals surface area contributed by atoms with Crippen LogP contribution in [0.4, 0.5) is 0 Å².